The highest BCUT2D eigenvalue weighted by molar-refractivity contribution is 5.75. The van der Waals surface area contributed by atoms with Gasteiger partial charge >= 0.3 is 0 Å². The number of aromatic amines is 1. The average molecular weight is 544 g/mol. The molecule has 2 heterocycles. The summed E-state index contributed by atoms with van der Waals surface area (Å²) in [5.74, 6) is 0.663. The molecule has 0 bridgehead atoms. The highest BCUT2D eigenvalue weighted by Crippen LogP contribution is 2.17. The lowest BCUT2D eigenvalue weighted by Gasteiger charge is -2.21. The van der Waals surface area contributed by atoms with E-state index in [2.05, 4.69) is 56.1 Å². The molecule has 1 aromatic rings. The van der Waals surface area contributed by atoms with Crippen LogP contribution in [0.15, 0.2) is 30.2 Å². The van der Waals surface area contributed by atoms with E-state index in [0.717, 1.165) is 57.2 Å². The molecule has 0 fully saturated rings. The Hall–Kier alpha value is -2.48. The summed E-state index contributed by atoms with van der Waals surface area (Å²) in [5, 5.41) is 7.20. The van der Waals surface area contributed by atoms with Crippen LogP contribution < -0.4 is 16.6 Å². The van der Waals surface area contributed by atoms with E-state index < -0.39 is 0 Å². The van der Waals surface area contributed by atoms with E-state index in [-0.39, 0.29) is 5.91 Å². The molecule has 0 atom stereocenters. The summed E-state index contributed by atoms with van der Waals surface area (Å²) < 4.78 is 0. The smallest absolute Gasteiger partial charge is 0.220 e. The first-order valence-corrected chi connectivity index (χ1v) is 15.8. The van der Waals surface area contributed by atoms with Crippen molar-refractivity contribution in [2.45, 2.75) is 129 Å². The molecule has 8 heteroatoms. The van der Waals surface area contributed by atoms with Crippen molar-refractivity contribution in [2.75, 3.05) is 25.9 Å². The Kier molecular flexibility index (Phi) is 17.9. The van der Waals surface area contributed by atoms with Gasteiger partial charge in [-0.15, -0.1) is 5.53 Å². The second kappa shape index (κ2) is 21.4. The molecule has 5 N–H and O–H groups in total. The first-order valence-electron chi connectivity index (χ1n) is 15.8. The summed E-state index contributed by atoms with van der Waals surface area (Å²) in [5.41, 5.74) is 11.3. The fraction of sp³-hybridized carbons (Fsp3) is 0.742. The summed E-state index contributed by atoms with van der Waals surface area (Å²) in [4.78, 5) is 19.3. The zero-order valence-electron chi connectivity index (χ0n) is 25.0. The molecule has 0 radical (unpaired) electrons. The highest BCUT2D eigenvalue weighted by atomic mass is 16.1. The van der Waals surface area contributed by atoms with Crippen molar-refractivity contribution in [2.24, 2.45) is 0 Å². The largest absolute Gasteiger partial charge is 0.369 e. The zero-order valence-corrected chi connectivity index (χ0v) is 25.0. The van der Waals surface area contributed by atoms with Gasteiger partial charge < -0.3 is 16.0 Å². The molecular formula is C31H57N7O. The van der Waals surface area contributed by atoms with Crippen LogP contribution >= 0.6 is 0 Å². The van der Waals surface area contributed by atoms with Crippen LogP contribution in [-0.2, 0) is 11.2 Å². The minimum absolute atomic E-state index is 0.170. The van der Waals surface area contributed by atoms with Crippen molar-refractivity contribution < 1.29 is 4.79 Å². The lowest BCUT2D eigenvalue weighted by molar-refractivity contribution is -0.121. The normalized spacial score (nSPS) is 13.5. The van der Waals surface area contributed by atoms with Crippen LogP contribution in [-0.4, -0.2) is 46.0 Å². The van der Waals surface area contributed by atoms with Gasteiger partial charge in [-0.2, -0.15) is 0 Å². The molecule has 0 unspecified atom stereocenters. The number of hydrogen-bond donors (Lipinski definition) is 4. The number of amides is 1. The lowest BCUT2D eigenvalue weighted by Crippen LogP contribution is -2.41. The Bertz CT molecular complexity index is 820. The Balaban J connectivity index is 1.38. The van der Waals surface area contributed by atoms with Crippen molar-refractivity contribution in [1.29, 1.82) is 0 Å². The minimum atomic E-state index is 0.170. The number of rotatable bonds is 24. The number of nitrogens with two attached hydrogens (primary N) is 1. The lowest BCUT2D eigenvalue weighted by atomic mass is 10.1. The number of unbranched alkanes of at least 4 members (excludes halogenated alkanes) is 13. The number of hydrogen-bond acceptors (Lipinski definition) is 6. The zero-order chi connectivity index (χ0) is 28.0. The molecule has 1 aromatic heterocycles. The Morgan fingerprint density at radius 3 is 2.26 bits per heavy atom. The number of hydrazine groups is 2. The van der Waals surface area contributed by atoms with Gasteiger partial charge in [0.1, 0.15) is 0 Å². The van der Waals surface area contributed by atoms with E-state index in [1.165, 1.54) is 76.3 Å². The third-order valence-corrected chi connectivity index (χ3v) is 7.38. The van der Waals surface area contributed by atoms with Crippen LogP contribution in [0.2, 0.25) is 0 Å². The molecule has 0 saturated carbocycles. The molecule has 0 aromatic carbocycles. The van der Waals surface area contributed by atoms with Gasteiger partial charge in [-0.05, 0) is 57.8 Å². The van der Waals surface area contributed by atoms with Gasteiger partial charge in [0.25, 0.3) is 0 Å². The topological polar surface area (TPSA) is 102 Å². The fourth-order valence-corrected chi connectivity index (χ4v) is 4.96. The number of allylic oxidation sites excluding steroid dienone is 3. The van der Waals surface area contributed by atoms with Crippen LogP contribution in [0.4, 0.5) is 5.95 Å². The molecule has 1 amide bonds. The first-order chi connectivity index (χ1) is 19.1. The second-order valence-corrected chi connectivity index (χ2v) is 11.0. The number of nitrogen functional groups attached to an aromatic ring is 1. The molecule has 0 spiro atoms. The van der Waals surface area contributed by atoms with E-state index >= 15 is 0 Å². The quantitative estimate of drug-likeness (QED) is 0.0849. The van der Waals surface area contributed by atoms with Crippen LogP contribution in [0.5, 0.6) is 0 Å². The Labute approximate surface area is 238 Å². The standard InChI is InChI=1S/C31H57N7O/c1-3-4-5-6-7-8-9-10-11-12-13-14-15-16-20-23-30(39)33-24-25-38-27-29(37(2)36-38)22-19-17-18-21-28-26-34-31(32)35-28/h10-11,26-27,36H,3-9,12-25H2,1-2H3,(H,33,39)(H3,32,34,35)/b11-10+. The van der Waals surface area contributed by atoms with E-state index in [1.807, 2.05) is 13.2 Å². The van der Waals surface area contributed by atoms with Crippen LogP contribution in [0, 0.1) is 0 Å². The predicted molar refractivity (Wildman–Crippen MR) is 163 cm³/mol. The monoisotopic (exact) mass is 543 g/mol. The van der Waals surface area contributed by atoms with Gasteiger partial charge in [0.05, 0.1) is 12.7 Å². The van der Waals surface area contributed by atoms with Crippen molar-refractivity contribution in [1.82, 2.24) is 30.8 Å². The predicted octanol–water partition coefficient (Wildman–Crippen LogP) is 6.76. The number of aromatic nitrogens is 2. The third kappa shape index (κ3) is 16.3. The van der Waals surface area contributed by atoms with Gasteiger partial charge in [-0.3, -0.25) is 14.8 Å². The molecular weight excluding hydrogens is 486 g/mol. The van der Waals surface area contributed by atoms with Crippen molar-refractivity contribution in [3.63, 3.8) is 0 Å². The van der Waals surface area contributed by atoms with Gasteiger partial charge in [-0.25, -0.2) is 4.98 Å². The maximum atomic E-state index is 12.2. The second-order valence-electron chi connectivity index (χ2n) is 11.0. The average Bonchev–Trinajstić information content (AvgIpc) is 3.50. The van der Waals surface area contributed by atoms with Gasteiger partial charge in [0, 0.05) is 37.6 Å². The number of anilines is 1. The molecule has 2 rings (SSSR count). The van der Waals surface area contributed by atoms with Crippen molar-refractivity contribution in [3.05, 3.63) is 35.9 Å². The molecule has 39 heavy (non-hydrogen) atoms. The van der Waals surface area contributed by atoms with E-state index in [4.69, 9.17) is 5.73 Å². The van der Waals surface area contributed by atoms with Crippen LogP contribution in [0.25, 0.3) is 0 Å². The molecule has 8 nitrogen and oxygen atoms in total. The fourth-order valence-electron chi connectivity index (χ4n) is 4.96. The Morgan fingerprint density at radius 2 is 1.56 bits per heavy atom. The number of H-pyrrole nitrogens is 1. The number of imidazole rings is 1. The van der Waals surface area contributed by atoms with Crippen LogP contribution in [0.3, 0.4) is 0 Å². The van der Waals surface area contributed by atoms with E-state index in [1.54, 1.807) is 0 Å². The summed E-state index contributed by atoms with van der Waals surface area (Å²) >= 11 is 0. The number of nitrogens with one attached hydrogen (secondary N) is 3. The number of aryl methyl sites for hydroxylation is 1. The number of carbonyl (C=O) groups is 1. The highest BCUT2D eigenvalue weighted by Gasteiger charge is 2.16. The summed E-state index contributed by atoms with van der Waals surface area (Å²) in [7, 11) is 2.05. The van der Waals surface area contributed by atoms with Gasteiger partial charge in [0.2, 0.25) is 5.91 Å². The molecule has 0 saturated heterocycles. The molecule has 222 valence electrons. The van der Waals surface area contributed by atoms with Gasteiger partial charge in [-0.1, -0.05) is 76.9 Å². The van der Waals surface area contributed by atoms with Gasteiger partial charge in [0.15, 0.2) is 5.95 Å². The molecule has 1 aliphatic heterocycles. The SMILES string of the molecule is CCCCCCCC/C=C/CCCCCCCC(=O)NCCN1C=C(CCCCCc2cnc(N)[nH]2)N(C)N1. The number of carbonyl (C=O) groups excluding carboxylic acids is 1. The first kappa shape index (κ1) is 32.7. The maximum Gasteiger partial charge on any atom is 0.220 e. The summed E-state index contributed by atoms with van der Waals surface area (Å²) in [6, 6.07) is 0. The summed E-state index contributed by atoms with van der Waals surface area (Å²) in [6.07, 6.45) is 31.4. The molecule has 0 aliphatic carbocycles. The number of nitrogens with zero attached hydrogens (tertiary/aromatic N) is 3. The minimum Gasteiger partial charge on any atom is -0.369 e. The molecule has 1 aliphatic rings. The van der Waals surface area contributed by atoms with Crippen molar-refractivity contribution >= 4 is 11.9 Å². The summed E-state index contributed by atoms with van der Waals surface area (Å²) in [6.45, 7) is 3.68. The van der Waals surface area contributed by atoms with Crippen LogP contribution in [0.1, 0.15) is 128 Å². The van der Waals surface area contributed by atoms with E-state index in [0.29, 0.717) is 18.9 Å². The van der Waals surface area contributed by atoms with E-state index in [9.17, 15) is 4.79 Å². The third-order valence-electron chi connectivity index (χ3n) is 7.38. The van der Waals surface area contributed by atoms with Crippen molar-refractivity contribution in [3.8, 4) is 0 Å². The Morgan fingerprint density at radius 1 is 0.923 bits per heavy atom. The maximum absolute atomic E-state index is 12.2.